The second-order valence-corrected chi connectivity index (χ2v) is 8.37. The average molecular weight is 426 g/mol. The Labute approximate surface area is 178 Å². The van der Waals surface area contributed by atoms with Crippen molar-refractivity contribution in [1.29, 1.82) is 0 Å². The zero-order valence-corrected chi connectivity index (χ0v) is 17.0. The number of aliphatic hydroxyl groups excluding tert-OH is 1. The molecule has 6 nitrogen and oxygen atoms in total. The van der Waals surface area contributed by atoms with E-state index in [0.29, 0.717) is 29.6 Å². The molecular weight excluding hydrogens is 402 g/mol. The number of carbonyl (C=O) groups is 1. The summed E-state index contributed by atoms with van der Waals surface area (Å²) in [7, 11) is 0. The molecule has 0 unspecified atom stereocenters. The van der Waals surface area contributed by atoms with Crippen molar-refractivity contribution in [2.45, 2.75) is 50.3 Å². The highest BCUT2D eigenvalue weighted by molar-refractivity contribution is 6.01. The van der Waals surface area contributed by atoms with Gasteiger partial charge in [0.25, 0.3) is 5.91 Å². The van der Waals surface area contributed by atoms with Crippen molar-refractivity contribution in [3.63, 3.8) is 0 Å². The highest BCUT2D eigenvalue weighted by Gasteiger charge is 2.30. The van der Waals surface area contributed by atoms with Crippen molar-refractivity contribution in [2.75, 3.05) is 11.4 Å². The number of nitrogens with one attached hydrogen (secondary N) is 1. The molecule has 2 fully saturated rings. The first kappa shape index (κ1) is 19.9. The number of fused-ring (bicyclic) bond motifs is 1. The van der Waals surface area contributed by atoms with Crippen molar-refractivity contribution in [1.82, 2.24) is 14.9 Å². The minimum Gasteiger partial charge on any atom is -0.391 e. The highest BCUT2D eigenvalue weighted by atomic mass is 19.1. The summed E-state index contributed by atoms with van der Waals surface area (Å²) in [5, 5.41) is 17.2. The van der Waals surface area contributed by atoms with Gasteiger partial charge in [-0.2, -0.15) is 5.10 Å². The Morgan fingerprint density at radius 1 is 1.13 bits per heavy atom. The summed E-state index contributed by atoms with van der Waals surface area (Å²) >= 11 is 0. The third-order valence-corrected chi connectivity index (χ3v) is 6.45. The second-order valence-electron chi connectivity index (χ2n) is 8.37. The van der Waals surface area contributed by atoms with Crippen LogP contribution in [-0.4, -0.2) is 39.3 Å². The topological polar surface area (TPSA) is 69.9 Å². The fraction of sp³-hybridized carbons (Fsp3) is 0.391. The fourth-order valence-electron chi connectivity index (χ4n) is 4.85. The number of aromatic nitrogens is 2. The van der Waals surface area contributed by atoms with E-state index in [-0.39, 0.29) is 18.0 Å². The van der Waals surface area contributed by atoms with E-state index in [9.17, 15) is 18.7 Å². The lowest BCUT2D eigenvalue weighted by atomic mass is 10.0. The predicted octanol–water partition coefficient (Wildman–Crippen LogP) is 3.60. The third kappa shape index (κ3) is 3.65. The van der Waals surface area contributed by atoms with Crippen molar-refractivity contribution < 1.29 is 18.7 Å². The molecular formula is C23H24F2N4O2. The standard InChI is InChI=1S/C23H24F2N4O2/c24-14-6-7-18(25)16(11-14)20-4-2-9-28(20)15-8-10-29-21(12-15)17(13-26-29)23(31)27-19-3-1-5-22(19)30/h6-8,10-13,19-20,22,30H,1-5,9H2,(H,27,31)/t19-,20-,22-/m1/s1. The molecule has 1 saturated carbocycles. The summed E-state index contributed by atoms with van der Waals surface area (Å²) in [6.45, 7) is 0.709. The summed E-state index contributed by atoms with van der Waals surface area (Å²) in [5.41, 5.74) is 2.23. The van der Waals surface area contributed by atoms with Gasteiger partial charge in [-0.15, -0.1) is 0 Å². The summed E-state index contributed by atoms with van der Waals surface area (Å²) in [6, 6.07) is 6.78. The Kier molecular flexibility index (Phi) is 5.09. The van der Waals surface area contributed by atoms with Gasteiger partial charge in [-0.25, -0.2) is 13.3 Å². The SMILES string of the molecule is O=C(N[C@@H]1CCC[C@H]1O)c1cnn2ccc(N3CCC[C@@H]3c3cc(F)ccc3F)cc12. The number of aliphatic hydroxyl groups is 1. The minimum absolute atomic E-state index is 0.246. The zero-order valence-electron chi connectivity index (χ0n) is 17.0. The Morgan fingerprint density at radius 2 is 2.00 bits per heavy atom. The first-order valence-electron chi connectivity index (χ1n) is 10.7. The normalized spacial score (nSPS) is 23.6. The molecule has 1 aromatic carbocycles. The molecule has 2 N–H and O–H groups in total. The summed E-state index contributed by atoms with van der Waals surface area (Å²) in [4.78, 5) is 14.9. The van der Waals surface area contributed by atoms with Crippen LogP contribution in [0.5, 0.6) is 0 Å². The van der Waals surface area contributed by atoms with Crippen LogP contribution >= 0.6 is 0 Å². The number of pyridine rings is 1. The monoisotopic (exact) mass is 426 g/mol. The molecule has 0 spiro atoms. The van der Waals surface area contributed by atoms with Gasteiger partial charge in [-0.05, 0) is 62.4 Å². The Balaban J connectivity index is 1.46. The Morgan fingerprint density at radius 3 is 2.81 bits per heavy atom. The van der Waals surface area contributed by atoms with Crippen LogP contribution in [0.4, 0.5) is 14.5 Å². The van der Waals surface area contributed by atoms with Crippen LogP contribution in [0.15, 0.2) is 42.7 Å². The molecule has 1 aliphatic heterocycles. The summed E-state index contributed by atoms with van der Waals surface area (Å²) < 4.78 is 29.8. The van der Waals surface area contributed by atoms with E-state index in [0.717, 1.165) is 37.4 Å². The summed E-state index contributed by atoms with van der Waals surface area (Å²) in [6.07, 6.45) is 6.68. The Hall–Kier alpha value is -3.00. The molecule has 162 valence electrons. The molecule has 0 bridgehead atoms. The van der Waals surface area contributed by atoms with Gasteiger partial charge in [-0.3, -0.25) is 4.79 Å². The van der Waals surface area contributed by atoms with Gasteiger partial charge in [0, 0.05) is 24.0 Å². The van der Waals surface area contributed by atoms with Crippen LogP contribution in [0.1, 0.15) is 54.1 Å². The molecule has 1 saturated heterocycles. The van der Waals surface area contributed by atoms with E-state index in [1.807, 2.05) is 17.0 Å². The number of benzene rings is 1. The van der Waals surface area contributed by atoms with Gasteiger partial charge in [0.05, 0.1) is 35.5 Å². The molecule has 1 aliphatic carbocycles. The van der Waals surface area contributed by atoms with E-state index in [2.05, 4.69) is 10.4 Å². The number of hydrogen-bond donors (Lipinski definition) is 2. The second kappa shape index (κ2) is 7.92. The maximum Gasteiger partial charge on any atom is 0.255 e. The molecule has 31 heavy (non-hydrogen) atoms. The Bertz CT molecular complexity index is 1130. The first-order chi connectivity index (χ1) is 15.0. The number of anilines is 1. The zero-order chi connectivity index (χ0) is 21.5. The molecule has 1 amide bonds. The van der Waals surface area contributed by atoms with E-state index in [1.165, 1.54) is 18.3 Å². The molecule has 5 rings (SSSR count). The quantitative estimate of drug-likeness (QED) is 0.669. The van der Waals surface area contributed by atoms with Gasteiger partial charge >= 0.3 is 0 Å². The predicted molar refractivity (Wildman–Crippen MR) is 112 cm³/mol. The van der Waals surface area contributed by atoms with E-state index >= 15 is 0 Å². The van der Waals surface area contributed by atoms with Crippen LogP contribution in [0, 0.1) is 11.6 Å². The number of amides is 1. The van der Waals surface area contributed by atoms with Crippen LogP contribution in [-0.2, 0) is 0 Å². The molecule has 8 heteroatoms. The number of nitrogens with zero attached hydrogens (tertiary/aromatic N) is 3. The number of hydrogen-bond acceptors (Lipinski definition) is 4. The van der Waals surface area contributed by atoms with Crippen LogP contribution < -0.4 is 10.2 Å². The molecule has 3 aromatic rings. The van der Waals surface area contributed by atoms with Gasteiger partial charge in [0.1, 0.15) is 11.6 Å². The largest absolute Gasteiger partial charge is 0.391 e. The van der Waals surface area contributed by atoms with Crippen LogP contribution in [0.2, 0.25) is 0 Å². The maximum absolute atomic E-state index is 14.4. The van der Waals surface area contributed by atoms with Crippen LogP contribution in [0.3, 0.4) is 0 Å². The third-order valence-electron chi connectivity index (χ3n) is 6.45. The lowest BCUT2D eigenvalue weighted by molar-refractivity contribution is 0.0875. The maximum atomic E-state index is 14.4. The molecule has 3 heterocycles. The number of halogens is 2. The van der Waals surface area contributed by atoms with E-state index in [1.54, 1.807) is 10.7 Å². The first-order valence-corrected chi connectivity index (χ1v) is 10.7. The lowest BCUT2D eigenvalue weighted by Crippen LogP contribution is -2.39. The average Bonchev–Trinajstić information content (AvgIpc) is 3.49. The van der Waals surface area contributed by atoms with E-state index < -0.39 is 17.7 Å². The van der Waals surface area contributed by atoms with Gasteiger partial charge in [0.2, 0.25) is 0 Å². The van der Waals surface area contributed by atoms with E-state index in [4.69, 9.17) is 0 Å². The lowest BCUT2D eigenvalue weighted by Gasteiger charge is -2.27. The minimum atomic E-state index is -0.520. The van der Waals surface area contributed by atoms with Crippen LogP contribution in [0.25, 0.3) is 5.52 Å². The molecule has 0 radical (unpaired) electrons. The van der Waals surface area contributed by atoms with Gasteiger partial charge in [-0.1, -0.05) is 0 Å². The highest BCUT2D eigenvalue weighted by Crippen LogP contribution is 2.38. The molecule has 3 atom stereocenters. The van der Waals surface area contributed by atoms with Gasteiger partial charge in [0.15, 0.2) is 0 Å². The van der Waals surface area contributed by atoms with Crippen molar-refractivity contribution in [2.24, 2.45) is 0 Å². The number of carbonyl (C=O) groups excluding carboxylic acids is 1. The van der Waals surface area contributed by atoms with Crippen molar-refractivity contribution >= 4 is 17.1 Å². The van der Waals surface area contributed by atoms with Gasteiger partial charge < -0.3 is 15.3 Å². The molecule has 2 aromatic heterocycles. The molecule has 2 aliphatic rings. The number of rotatable bonds is 4. The van der Waals surface area contributed by atoms with Crippen molar-refractivity contribution in [3.05, 3.63) is 65.5 Å². The summed E-state index contributed by atoms with van der Waals surface area (Å²) in [5.74, 6) is -1.14. The van der Waals surface area contributed by atoms with Crippen molar-refractivity contribution in [3.8, 4) is 0 Å². The smallest absolute Gasteiger partial charge is 0.255 e. The fourth-order valence-corrected chi connectivity index (χ4v) is 4.85.